The number of nitrogens with zero attached hydrogens (tertiary/aromatic N) is 2. The maximum absolute atomic E-state index is 5.22. The van der Waals surface area contributed by atoms with Crippen LogP contribution >= 0.6 is 11.3 Å². The molecule has 0 spiro atoms. The lowest BCUT2D eigenvalue weighted by molar-refractivity contribution is 1.18. The van der Waals surface area contributed by atoms with Crippen LogP contribution < -0.4 is 0 Å². The summed E-state index contributed by atoms with van der Waals surface area (Å²) in [5, 5.41) is 5.02. The number of aromatic nitrogens is 2. The van der Waals surface area contributed by atoms with Crippen LogP contribution in [0, 0.1) is 0 Å². The van der Waals surface area contributed by atoms with Gasteiger partial charge in [0.15, 0.2) is 5.82 Å². The van der Waals surface area contributed by atoms with E-state index in [1.807, 2.05) is 29.5 Å². The molecule has 0 saturated heterocycles. The molecule has 1 aliphatic rings. The molecule has 0 bridgehead atoms. The van der Waals surface area contributed by atoms with Crippen LogP contribution in [0.1, 0.15) is 23.1 Å². The zero-order valence-electron chi connectivity index (χ0n) is 28.3. The van der Waals surface area contributed by atoms with Crippen LogP contribution in [0.25, 0.3) is 87.6 Å². The Hall–Kier alpha value is -6.42. The Bertz CT molecular complexity index is 2860. The average Bonchev–Trinajstić information content (AvgIpc) is 3.44. The fourth-order valence-electron chi connectivity index (χ4n) is 7.52. The molecule has 0 atom stereocenters. The summed E-state index contributed by atoms with van der Waals surface area (Å²) >= 11 is 1.86. The minimum atomic E-state index is 0.717. The Balaban J connectivity index is 1.08. The molecule has 0 saturated carbocycles. The van der Waals surface area contributed by atoms with Crippen molar-refractivity contribution in [2.45, 2.75) is 6.42 Å². The summed E-state index contributed by atoms with van der Waals surface area (Å²) in [4.78, 5) is 10.4. The number of hydrogen-bond acceptors (Lipinski definition) is 3. The largest absolute Gasteiger partial charge is 0.228 e. The third kappa shape index (κ3) is 5.43. The molecule has 52 heavy (non-hydrogen) atoms. The fourth-order valence-corrected chi connectivity index (χ4v) is 8.60. The number of fused-ring (bicyclic) bond motifs is 5. The molecule has 2 aromatic heterocycles. The quantitative estimate of drug-likeness (QED) is 0.181. The highest BCUT2D eigenvalue weighted by atomic mass is 32.1. The second kappa shape index (κ2) is 12.7. The van der Waals surface area contributed by atoms with Gasteiger partial charge in [0, 0.05) is 36.9 Å². The fraction of sp³-hybridized carbons (Fsp3) is 0.0204. The number of benzene rings is 7. The molecule has 2 heterocycles. The topological polar surface area (TPSA) is 25.8 Å². The van der Waals surface area contributed by atoms with Crippen molar-refractivity contribution in [2.75, 3.05) is 0 Å². The van der Waals surface area contributed by atoms with E-state index in [1.54, 1.807) is 0 Å². The second-order valence-electron chi connectivity index (χ2n) is 13.3. The highest BCUT2D eigenvalue weighted by molar-refractivity contribution is 7.25. The van der Waals surface area contributed by atoms with Crippen LogP contribution in [0.5, 0.6) is 0 Å². The summed E-state index contributed by atoms with van der Waals surface area (Å²) in [6, 6.07) is 58.7. The molecule has 0 unspecified atom stereocenters. The van der Waals surface area contributed by atoms with E-state index in [0.29, 0.717) is 5.82 Å². The van der Waals surface area contributed by atoms with Crippen molar-refractivity contribution in [1.29, 1.82) is 0 Å². The van der Waals surface area contributed by atoms with Gasteiger partial charge in [0.1, 0.15) is 0 Å². The van der Waals surface area contributed by atoms with E-state index in [4.69, 9.17) is 9.97 Å². The Morgan fingerprint density at radius 3 is 1.94 bits per heavy atom. The predicted octanol–water partition coefficient (Wildman–Crippen LogP) is 13.5. The van der Waals surface area contributed by atoms with Crippen LogP contribution in [0.2, 0.25) is 0 Å². The Labute approximate surface area is 306 Å². The summed E-state index contributed by atoms with van der Waals surface area (Å²) in [5.41, 5.74) is 12.3. The van der Waals surface area contributed by atoms with Gasteiger partial charge in [-0.05, 0) is 87.0 Å². The van der Waals surface area contributed by atoms with Crippen LogP contribution in [-0.4, -0.2) is 9.97 Å². The Morgan fingerprint density at radius 1 is 0.442 bits per heavy atom. The van der Waals surface area contributed by atoms with Gasteiger partial charge < -0.3 is 0 Å². The third-order valence-corrected chi connectivity index (χ3v) is 11.3. The predicted molar refractivity (Wildman–Crippen MR) is 221 cm³/mol. The van der Waals surface area contributed by atoms with E-state index in [-0.39, 0.29) is 0 Å². The molecule has 244 valence electrons. The molecule has 0 radical (unpaired) electrons. The van der Waals surface area contributed by atoms with Crippen LogP contribution in [0.3, 0.4) is 0 Å². The number of rotatable bonds is 5. The van der Waals surface area contributed by atoms with Crippen molar-refractivity contribution in [3.8, 4) is 45.0 Å². The molecule has 0 N–H and O–H groups in total. The highest BCUT2D eigenvalue weighted by Gasteiger charge is 2.18. The first kappa shape index (κ1) is 30.4. The lowest BCUT2D eigenvalue weighted by Crippen LogP contribution is -1.99. The molecule has 3 heteroatoms. The van der Waals surface area contributed by atoms with E-state index >= 15 is 0 Å². The maximum atomic E-state index is 5.22. The lowest BCUT2D eigenvalue weighted by atomic mass is 9.90. The number of thiophene rings is 1. The lowest BCUT2D eigenvalue weighted by Gasteiger charge is -2.16. The summed E-state index contributed by atoms with van der Waals surface area (Å²) < 4.78 is 2.65. The van der Waals surface area contributed by atoms with Crippen molar-refractivity contribution in [3.05, 3.63) is 193 Å². The summed E-state index contributed by atoms with van der Waals surface area (Å²) in [6.07, 6.45) is 7.70. The maximum Gasteiger partial charge on any atom is 0.160 e. The van der Waals surface area contributed by atoms with Gasteiger partial charge in [-0.2, -0.15) is 0 Å². The van der Waals surface area contributed by atoms with Gasteiger partial charge in [0.05, 0.1) is 11.4 Å². The van der Waals surface area contributed by atoms with E-state index in [0.717, 1.165) is 34.5 Å². The van der Waals surface area contributed by atoms with Crippen LogP contribution in [-0.2, 0) is 0 Å². The normalized spacial score (nSPS) is 12.6. The van der Waals surface area contributed by atoms with E-state index in [2.05, 4.69) is 164 Å². The van der Waals surface area contributed by atoms with Gasteiger partial charge in [-0.15, -0.1) is 11.3 Å². The first-order valence-electron chi connectivity index (χ1n) is 17.7. The standard InChI is InChI=1S/C49H32N2S/c1-3-12-32(13-4-1)39-16-7-8-17-41-40(39)19-11-20-42(41)46-31-45(50-49(51-46)33-14-5-2-6-15-33)38-25-24-34-28-35(22-23-36(34)29-38)37-26-27-48-44(30-37)43-18-9-10-21-47(43)52-48/h1-6,8-31H,7H2. The van der Waals surface area contributed by atoms with Gasteiger partial charge in [-0.3, -0.25) is 0 Å². The van der Waals surface area contributed by atoms with Crippen molar-refractivity contribution >= 4 is 53.9 Å². The van der Waals surface area contributed by atoms with Gasteiger partial charge in [-0.1, -0.05) is 146 Å². The average molecular weight is 681 g/mol. The van der Waals surface area contributed by atoms with E-state index in [1.165, 1.54) is 64.3 Å². The Morgan fingerprint density at radius 2 is 1.10 bits per heavy atom. The first-order chi connectivity index (χ1) is 25.7. The monoisotopic (exact) mass is 680 g/mol. The van der Waals surface area contributed by atoms with Crippen LogP contribution in [0.15, 0.2) is 176 Å². The molecule has 9 aromatic rings. The van der Waals surface area contributed by atoms with E-state index in [9.17, 15) is 0 Å². The zero-order valence-corrected chi connectivity index (χ0v) is 29.1. The molecular formula is C49H32N2S. The van der Waals surface area contributed by atoms with Gasteiger partial charge in [-0.25, -0.2) is 9.97 Å². The molecule has 0 aliphatic heterocycles. The molecule has 0 amide bonds. The summed E-state index contributed by atoms with van der Waals surface area (Å²) in [6.45, 7) is 0. The van der Waals surface area contributed by atoms with Gasteiger partial charge >= 0.3 is 0 Å². The van der Waals surface area contributed by atoms with Crippen molar-refractivity contribution in [2.24, 2.45) is 0 Å². The molecule has 2 nitrogen and oxygen atoms in total. The summed E-state index contributed by atoms with van der Waals surface area (Å²) in [5.74, 6) is 0.717. The second-order valence-corrected chi connectivity index (χ2v) is 14.4. The molecular weight excluding hydrogens is 649 g/mol. The first-order valence-corrected chi connectivity index (χ1v) is 18.5. The SMILES string of the molecule is C1=Cc2c(cccc2-c2cc(-c3ccc4cc(-c5ccc6sc7ccccc7c6c5)ccc4c3)nc(-c3ccccc3)n2)C(c2ccccc2)=CC1. The van der Waals surface area contributed by atoms with Crippen molar-refractivity contribution in [3.63, 3.8) is 0 Å². The zero-order chi connectivity index (χ0) is 34.4. The Kier molecular flexibility index (Phi) is 7.44. The summed E-state index contributed by atoms with van der Waals surface area (Å²) in [7, 11) is 0. The van der Waals surface area contributed by atoms with Gasteiger partial charge in [0.25, 0.3) is 0 Å². The third-order valence-electron chi connectivity index (χ3n) is 10.1. The van der Waals surface area contributed by atoms with E-state index < -0.39 is 0 Å². The molecule has 10 rings (SSSR count). The minimum Gasteiger partial charge on any atom is -0.228 e. The highest BCUT2D eigenvalue weighted by Crippen LogP contribution is 2.39. The van der Waals surface area contributed by atoms with Gasteiger partial charge in [0.2, 0.25) is 0 Å². The minimum absolute atomic E-state index is 0.717. The number of allylic oxidation sites excluding steroid dienone is 2. The van der Waals surface area contributed by atoms with Crippen molar-refractivity contribution < 1.29 is 0 Å². The van der Waals surface area contributed by atoms with Crippen molar-refractivity contribution in [1.82, 2.24) is 9.97 Å². The molecule has 7 aromatic carbocycles. The smallest absolute Gasteiger partial charge is 0.160 e. The van der Waals surface area contributed by atoms with Crippen LogP contribution in [0.4, 0.5) is 0 Å². The number of hydrogen-bond donors (Lipinski definition) is 0. The molecule has 0 fully saturated rings. The molecule has 1 aliphatic carbocycles.